The molecule has 0 saturated heterocycles. The quantitative estimate of drug-likeness (QED) is 0.129. The summed E-state index contributed by atoms with van der Waals surface area (Å²) in [6, 6.07) is 34.6. The zero-order chi connectivity index (χ0) is 29.6. The molecule has 0 atom stereocenters. The van der Waals surface area contributed by atoms with Crippen LogP contribution in [0.15, 0.2) is 84.9 Å². The van der Waals surface area contributed by atoms with Crippen molar-refractivity contribution in [1.82, 2.24) is 0 Å². The molecule has 6 rings (SSSR count). The van der Waals surface area contributed by atoms with Gasteiger partial charge in [0.15, 0.2) is 0 Å². The minimum Gasteiger partial charge on any atom is -0.184 e. The van der Waals surface area contributed by atoms with Crippen molar-refractivity contribution in [2.45, 2.75) is 66.2 Å². The third kappa shape index (κ3) is 7.97. The van der Waals surface area contributed by atoms with E-state index in [2.05, 4.69) is 126 Å². The van der Waals surface area contributed by atoms with Crippen LogP contribution >= 0.6 is 17.0 Å². The average molecular weight is 673 g/mol. The molecule has 0 amide bonds. The van der Waals surface area contributed by atoms with Gasteiger partial charge < -0.3 is 0 Å². The van der Waals surface area contributed by atoms with Crippen LogP contribution in [0.2, 0.25) is 0 Å². The van der Waals surface area contributed by atoms with Gasteiger partial charge in [-0.3, -0.25) is 0 Å². The fourth-order valence-corrected chi connectivity index (χ4v) is 6.96. The van der Waals surface area contributed by atoms with Crippen molar-refractivity contribution in [3.63, 3.8) is 0 Å². The monoisotopic (exact) mass is 670 g/mol. The standard InChI is InChI=1S/C25H31.C12H7Si.2ClH.Zr/c1-7-8-9-19-15-20-10-11-23(25(4,5)6)24(22(20)16-19)21-13-17(2)12-18(3)14-21;1-3-7-11-9(5-1)10-6-2-4-8-12(10)13-11;;;/h10-16H,7-9H2,1-6H3;1-7H;2*1H;/q2*-1;;;+4/p-2. The Kier molecular flexibility index (Phi) is 11.4. The van der Waals surface area contributed by atoms with E-state index in [-0.39, 0.29) is 5.41 Å². The summed E-state index contributed by atoms with van der Waals surface area (Å²) in [6.07, 6.45) is 3.70. The largest absolute Gasteiger partial charge is 0.184 e. The first-order valence-electron chi connectivity index (χ1n) is 14.3. The Morgan fingerprint density at radius 1 is 0.878 bits per heavy atom. The van der Waals surface area contributed by atoms with Crippen molar-refractivity contribution in [3.05, 3.63) is 113 Å². The molecule has 0 spiro atoms. The molecule has 208 valence electrons. The topological polar surface area (TPSA) is 0 Å². The summed E-state index contributed by atoms with van der Waals surface area (Å²) >= 11 is -0.826. The van der Waals surface area contributed by atoms with Crippen LogP contribution in [0.25, 0.3) is 33.0 Å². The van der Waals surface area contributed by atoms with Gasteiger partial charge in [-0.1, -0.05) is 116 Å². The summed E-state index contributed by atoms with van der Waals surface area (Å²) in [4.78, 5) is 0. The van der Waals surface area contributed by atoms with Gasteiger partial charge in [0.1, 0.15) is 0 Å². The SMILES string of the molecule is CCCCc1cc2c(-c3cc(C)cc(C)c3)c(C(C)(C)C)ccc2[cH-]1.[Cl][Zr+2][Cl].[c-]1cccc2c1[Si]c1ccccc1-2. The summed E-state index contributed by atoms with van der Waals surface area (Å²) in [5, 5.41) is 5.63. The van der Waals surface area contributed by atoms with Crippen LogP contribution in [0, 0.1) is 19.9 Å². The van der Waals surface area contributed by atoms with Gasteiger partial charge in [0, 0.05) is 0 Å². The van der Waals surface area contributed by atoms with Crippen LogP contribution in [-0.4, -0.2) is 9.52 Å². The van der Waals surface area contributed by atoms with Gasteiger partial charge >= 0.3 is 37.9 Å². The van der Waals surface area contributed by atoms with Crippen LogP contribution in [0.1, 0.15) is 62.8 Å². The number of aryl methyl sites for hydroxylation is 3. The minimum atomic E-state index is -0.826. The number of unbranched alkanes of at least 4 members (excludes halogenated alkanes) is 1. The van der Waals surface area contributed by atoms with E-state index in [0.29, 0.717) is 0 Å². The molecule has 2 radical (unpaired) electrons. The van der Waals surface area contributed by atoms with Crippen LogP contribution in [0.5, 0.6) is 0 Å². The maximum absolute atomic E-state index is 4.93. The Balaban J connectivity index is 0.000000200. The van der Waals surface area contributed by atoms with Crippen LogP contribution in [0.4, 0.5) is 0 Å². The van der Waals surface area contributed by atoms with E-state index in [9.17, 15) is 0 Å². The number of fused-ring (bicyclic) bond motifs is 4. The summed E-state index contributed by atoms with van der Waals surface area (Å²) in [5.41, 5.74) is 11.3. The van der Waals surface area contributed by atoms with Crippen molar-refractivity contribution >= 4 is 47.7 Å². The number of benzene rings is 4. The zero-order valence-corrected chi connectivity index (χ0v) is 29.9. The van der Waals surface area contributed by atoms with Crippen molar-refractivity contribution in [2.24, 2.45) is 0 Å². The number of hydrogen-bond acceptors (Lipinski definition) is 0. The number of hydrogen-bond donors (Lipinski definition) is 0. The molecule has 1 aliphatic rings. The van der Waals surface area contributed by atoms with E-state index < -0.39 is 20.8 Å². The molecule has 0 N–H and O–H groups in total. The molecule has 0 aliphatic carbocycles. The van der Waals surface area contributed by atoms with E-state index in [0.717, 1.165) is 9.52 Å². The van der Waals surface area contributed by atoms with Gasteiger partial charge in [0.2, 0.25) is 0 Å². The first-order chi connectivity index (χ1) is 19.7. The maximum atomic E-state index is 4.93. The second-order valence-electron chi connectivity index (χ2n) is 11.8. The number of halogens is 2. The maximum Gasteiger partial charge on any atom is 0.0920 e. The van der Waals surface area contributed by atoms with Crippen molar-refractivity contribution in [1.29, 1.82) is 0 Å². The van der Waals surface area contributed by atoms with Crippen molar-refractivity contribution < 1.29 is 20.8 Å². The van der Waals surface area contributed by atoms with Crippen LogP contribution < -0.4 is 10.4 Å². The molecule has 0 unspecified atom stereocenters. The fourth-order valence-electron chi connectivity index (χ4n) is 5.65. The Morgan fingerprint density at radius 3 is 2.24 bits per heavy atom. The van der Waals surface area contributed by atoms with Crippen LogP contribution in [0.3, 0.4) is 0 Å². The van der Waals surface area contributed by atoms with E-state index >= 15 is 0 Å². The summed E-state index contributed by atoms with van der Waals surface area (Å²) in [7, 11) is 10.7. The Bertz CT molecular complexity index is 1550. The average Bonchev–Trinajstić information content (AvgIpc) is 3.52. The van der Waals surface area contributed by atoms with E-state index in [1.165, 1.54) is 84.9 Å². The summed E-state index contributed by atoms with van der Waals surface area (Å²) < 4.78 is 0. The van der Waals surface area contributed by atoms with Gasteiger partial charge in [0.25, 0.3) is 0 Å². The van der Waals surface area contributed by atoms with Crippen molar-refractivity contribution in [3.8, 4) is 22.3 Å². The van der Waals surface area contributed by atoms with Gasteiger partial charge in [-0.05, 0) is 31.2 Å². The predicted octanol–water partition coefficient (Wildman–Crippen LogP) is 9.98. The Hall–Kier alpha value is -1.83. The molecule has 0 fully saturated rings. The molecule has 0 aromatic heterocycles. The van der Waals surface area contributed by atoms with Gasteiger partial charge in [-0.2, -0.15) is 35.5 Å². The van der Waals surface area contributed by atoms with Gasteiger partial charge in [0.05, 0.1) is 9.52 Å². The molecule has 5 aromatic carbocycles. The smallest absolute Gasteiger partial charge is 0.0920 e. The first kappa shape index (κ1) is 32.1. The third-order valence-electron chi connectivity index (χ3n) is 7.42. The molecule has 0 nitrogen and oxygen atoms in total. The molecule has 41 heavy (non-hydrogen) atoms. The molecule has 4 heteroatoms. The predicted molar refractivity (Wildman–Crippen MR) is 179 cm³/mol. The first-order valence-corrected chi connectivity index (χ1v) is 21.6. The molecule has 0 bridgehead atoms. The van der Waals surface area contributed by atoms with Gasteiger partial charge in [-0.25, -0.2) is 0 Å². The Labute approximate surface area is 268 Å². The van der Waals surface area contributed by atoms with Crippen LogP contribution in [-0.2, 0) is 32.7 Å². The van der Waals surface area contributed by atoms with E-state index in [1.807, 2.05) is 6.07 Å². The third-order valence-corrected chi connectivity index (χ3v) is 8.79. The molecular formula is C37H38Cl2SiZr. The normalized spacial score (nSPS) is 11.5. The molecular weight excluding hydrogens is 635 g/mol. The Morgan fingerprint density at radius 2 is 1.56 bits per heavy atom. The summed E-state index contributed by atoms with van der Waals surface area (Å²) in [6.45, 7) is 13.6. The van der Waals surface area contributed by atoms with E-state index in [1.54, 1.807) is 0 Å². The molecule has 5 aromatic rings. The summed E-state index contributed by atoms with van der Waals surface area (Å²) in [5.74, 6) is 0. The van der Waals surface area contributed by atoms with Gasteiger partial charge in [-0.15, -0.1) is 40.1 Å². The molecule has 1 heterocycles. The second-order valence-corrected chi connectivity index (χ2v) is 16.8. The minimum absolute atomic E-state index is 0.127. The fraction of sp³-hybridized carbons (Fsp3) is 0.270. The van der Waals surface area contributed by atoms with E-state index in [4.69, 9.17) is 17.0 Å². The molecule has 0 saturated carbocycles. The number of rotatable bonds is 4. The zero-order valence-electron chi connectivity index (χ0n) is 25.0. The second kappa shape index (κ2) is 14.6. The molecule has 1 aliphatic heterocycles. The van der Waals surface area contributed by atoms with Crippen molar-refractivity contribution in [2.75, 3.05) is 0 Å².